The second-order valence-corrected chi connectivity index (χ2v) is 9.17. The lowest BCUT2D eigenvalue weighted by Crippen LogP contribution is -2.18. The predicted molar refractivity (Wildman–Crippen MR) is 123 cm³/mol. The summed E-state index contributed by atoms with van der Waals surface area (Å²) in [5.41, 5.74) is 14.3. The first-order valence-corrected chi connectivity index (χ1v) is 10.5. The molecule has 9 nitrogen and oxygen atoms in total. The fourth-order valence-corrected chi connectivity index (χ4v) is 3.28. The van der Waals surface area contributed by atoms with Gasteiger partial charge in [0.1, 0.15) is 17.1 Å². The molecule has 9 heteroatoms. The topological polar surface area (TPSA) is 142 Å². The van der Waals surface area contributed by atoms with Crippen LogP contribution in [-0.2, 0) is 10.2 Å². The summed E-state index contributed by atoms with van der Waals surface area (Å²) < 4.78 is 6.82. The number of nitrogens with two attached hydrogens (primary N) is 2. The predicted octanol–water partition coefficient (Wildman–Crippen LogP) is 3.84. The maximum atomic E-state index is 12.7. The minimum atomic E-state index is -0.636. The van der Waals surface area contributed by atoms with Crippen LogP contribution in [0.1, 0.15) is 75.1 Å². The fourth-order valence-electron chi connectivity index (χ4n) is 3.28. The van der Waals surface area contributed by atoms with Gasteiger partial charge >= 0.3 is 0 Å². The highest BCUT2D eigenvalue weighted by Crippen LogP contribution is 2.30. The minimum Gasteiger partial charge on any atom is -0.383 e. The molecule has 1 aromatic carbocycles. The molecule has 0 bridgehead atoms. The van der Waals surface area contributed by atoms with Crippen LogP contribution in [-0.4, -0.2) is 26.8 Å². The number of rotatable bonds is 6. The van der Waals surface area contributed by atoms with E-state index in [4.69, 9.17) is 16.0 Å². The van der Waals surface area contributed by atoms with Crippen molar-refractivity contribution >= 4 is 23.5 Å². The van der Waals surface area contributed by atoms with Crippen molar-refractivity contribution < 1.29 is 14.1 Å². The second-order valence-electron chi connectivity index (χ2n) is 9.17. The van der Waals surface area contributed by atoms with E-state index in [0.717, 1.165) is 11.3 Å². The van der Waals surface area contributed by atoms with E-state index < -0.39 is 11.8 Å². The number of carbonyl (C=O) groups is 2. The van der Waals surface area contributed by atoms with Gasteiger partial charge in [0, 0.05) is 23.1 Å². The van der Waals surface area contributed by atoms with Gasteiger partial charge in [0.05, 0.1) is 11.6 Å². The summed E-state index contributed by atoms with van der Waals surface area (Å²) in [6.07, 6.45) is 0. The molecule has 3 aromatic rings. The first-order valence-electron chi connectivity index (χ1n) is 10.5. The number of benzene rings is 1. The molecule has 2 heterocycles. The molecule has 0 saturated heterocycles. The summed E-state index contributed by atoms with van der Waals surface area (Å²) in [6, 6.07) is 8.92. The molecule has 2 amide bonds. The number of primary amides is 1. The smallest absolute Gasteiger partial charge is 0.254 e. The maximum absolute atomic E-state index is 12.7. The average Bonchev–Trinajstić information content (AvgIpc) is 3.32. The maximum Gasteiger partial charge on any atom is 0.254 e. The molecule has 0 fully saturated rings. The summed E-state index contributed by atoms with van der Waals surface area (Å²) >= 11 is 0. The van der Waals surface area contributed by atoms with Crippen LogP contribution in [0.5, 0.6) is 0 Å². The number of nitrogens with zero attached hydrogens (tertiary/aromatic N) is 3. The third-order valence-corrected chi connectivity index (χ3v) is 5.29. The Balaban J connectivity index is 1.81. The Kier molecular flexibility index (Phi) is 6.11. The third-order valence-electron chi connectivity index (χ3n) is 5.29. The second kappa shape index (κ2) is 8.49. The Morgan fingerprint density at radius 1 is 1.12 bits per heavy atom. The van der Waals surface area contributed by atoms with Crippen LogP contribution in [0.15, 0.2) is 34.9 Å². The lowest BCUT2D eigenvalue weighted by Gasteiger charge is -2.13. The highest BCUT2D eigenvalue weighted by molar-refractivity contribution is 6.03. The van der Waals surface area contributed by atoms with Crippen LogP contribution in [0, 0.1) is 0 Å². The highest BCUT2D eigenvalue weighted by atomic mass is 16.5. The molecular weight excluding hydrogens is 408 g/mol. The number of carbonyl (C=O) groups excluding carboxylic acids is 2. The van der Waals surface area contributed by atoms with Crippen molar-refractivity contribution in [2.45, 2.75) is 58.9 Å². The minimum absolute atomic E-state index is 0.0280. The van der Waals surface area contributed by atoms with Gasteiger partial charge in [-0.05, 0) is 26.3 Å². The first-order chi connectivity index (χ1) is 14.9. The van der Waals surface area contributed by atoms with Gasteiger partial charge in [-0.25, -0.2) is 4.68 Å². The van der Waals surface area contributed by atoms with E-state index in [9.17, 15) is 9.59 Å². The van der Waals surface area contributed by atoms with E-state index >= 15 is 0 Å². The van der Waals surface area contributed by atoms with Crippen molar-refractivity contribution in [1.29, 1.82) is 0 Å². The van der Waals surface area contributed by atoms with Crippen molar-refractivity contribution in [1.82, 2.24) is 14.9 Å². The molecule has 5 N–H and O–H groups in total. The van der Waals surface area contributed by atoms with Crippen LogP contribution in [0.25, 0.3) is 11.3 Å². The number of hydrogen-bond acceptors (Lipinski definition) is 6. The molecule has 32 heavy (non-hydrogen) atoms. The SMILES string of the molecule is CC(C(=O)Nc1cc(C(C)(C)C)no1)c1ccc(-c2nn(C(C)C)c(N)c2C(N)=O)cc1. The van der Waals surface area contributed by atoms with Crippen LogP contribution < -0.4 is 16.8 Å². The van der Waals surface area contributed by atoms with E-state index in [1.165, 1.54) is 0 Å². The largest absolute Gasteiger partial charge is 0.383 e. The van der Waals surface area contributed by atoms with Crippen molar-refractivity contribution in [3.63, 3.8) is 0 Å². The highest BCUT2D eigenvalue weighted by Gasteiger charge is 2.24. The molecule has 2 aromatic heterocycles. The van der Waals surface area contributed by atoms with Crippen molar-refractivity contribution in [2.24, 2.45) is 5.73 Å². The standard InChI is InChI=1S/C23H30N6O3/c1-12(2)29-20(24)18(21(25)30)19(27-29)15-9-7-14(8-10-15)13(3)22(31)26-17-11-16(28-32-17)23(4,5)6/h7-13H,24H2,1-6H3,(H2,25,30)(H,26,31). The van der Waals surface area contributed by atoms with Gasteiger partial charge in [-0.15, -0.1) is 0 Å². The van der Waals surface area contributed by atoms with Gasteiger partial charge in [0.15, 0.2) is 0 Å². The fraction of sp³-hybridized carbons (Fsp3) is 0.391. The third kappa shape index (κ3) is 4.51. The van der Waals surface area contributed by atoms with Gasteiger partial charge in [-0.1, -0.05) is 50.2 Å². The normalized spacial score (nSPS) is 12.7. The summed E-state index contributed by atoms with van der Waals surface area (Å²) in [7, 11) is 0. The van der Waals surface area contributed by atoms with Crippen LogP contribution in [0.3, 0.4) is 0 Å². The number of nitrogen functional groups attached to an aromatic ring is 1. The molecule has 0 saturated carbocycles. The number of nitrogens with one attached hydrogen (secondary N) is 1. The summed E-state index contributed by atoms with van der Waals surface area (Å²) in [5.74, 6) is -0.755. The van der Waals surface area contributed by atoms with Gasteiger partial charge in [-0.3, -0.25) is 14.9 Å². The van der Waals surface area contributed by atoms with Crippen molar-refractivity contribution in [3.8, 4) is 11.3 Å². The Bertz CT molecular complexity index is 1140. The van der Waals surface area contributed by atoms with Crippen LogP contribution >= 0.6 is 0 Å². The Morgan fingerprint density at radius 2 is 1.75 bits per heavy atom. The monoisotopic (exact) mass is 438 g/mol. The number of anilines is 2. The number of amides is 2. The lowest BCUT2D eigenvalue weighted by molar-refractivity contribution is -0.117. The Hall–Kier alpha value is -3.62. The molecule has 0 aliphatic heterocycles. The zero-order valence-electron chi connectivity index (χ0n) is 19.3. The zero-order chi connectivity index (χ0) is 23.8. The molecule has 0 aliphatic carbocycles. The van der Waals surface area contributed by atoms with E-state index in [2.05, 4.69) is 15.6 Å². The van der Waals surface area contributed by atoms with Gasteiger partial charge in [0.2, 0.25) is 11.8 Å². The van der Waals surface area contributed by atoms with E-state index in [0.29, 0.717) is 17.1 Å². The van der Waals surface area contributed by atoms with Gasteiger partial charge in [0.25, 0.3) is 5.91 Å². The number of aromatic nitrogens is 3. The quantitative estimate of drug-likeness (QED) is 0.534. The Morgan fingerprint density at radius 3 is 2.25 bits per heavy atom. The van der Waals surface area contributed by atoms with Crippen LogP contribution in [0.4, 0.5) is 11.7 Å². The van der Waals surface area contributed by atoms with Crippen molar-refractivity contribution in [2.75, 3.05) is 11.1 Å². The molecule has 170 valence electrons. The summed E-state index contributed by atoms with van der Waals surface area (Å²) in [5, 5.41) is 11.3. The van der Waals surface area contributed by atoms with E-state index in [1.807, 2.05) is 46.8 Å². The van der Waals surface area contributed by atoms with Crippen LogP contribution in [0.2, 0.25) is 0 Å². The zero-order valence-corrected chi connectivity index (χ0v) is 19.3. The average molecular weight is 439 g/mol. The summed E-state index contributed by atoms with van der Waals surface area (Å²) in [4.78, 5) is 24.7. The molecule has 0 spiro atoms. The Labute approximate surface area is 187 Å². The molecule has 1 atom stereocenters. The van der Waals surface area contributed by atoms with Gasteiger partial charge in [-0.2, -0.15) is 5.10 Å². The molecular formula is C23H30N6O3. The summed E-state index contributed by atoms with van der Waals surface area (Å²) in [6.45, 7) is 11.7. The lowest BCUT2D eigenvalue weighted by atomic mass is 9.92. The van der Waals surface area contributed by atoms with E-state index in [1.54, 1.807) is 29.8 Å². The van der Waals surface area contributed by atoms with Crippen molar-refractivity contribution in [3.05, 3.63) is 47.2 Å². The molecule has 0 radical (unpaired) electrons. The number of hydrogen-bond donors (Lipinski definition) is 3. The molecule has 3 rings (SSSR count). The van der Waals surface area contributed by atoms with E-state index in [-0.39, 0.29) is 28.7 Å². The first kappa shape index (κ1) is 23.1. The molecule has 1 unspecified atom stereocenters. The van der Waals surface area contributed by atoms with Gasteiger partial charge < -0.3 is 16.0 Å². The molecule has 0 aliphatic rings.